The Morgan fingerprint density at radius 3 is 2.81 bits per heavy atom. The topological polar surface area (TPSA) is 55.6 Å². The van der Waals surface area contributed by atoms with E-state index in [1.54, 1.807) is 18.0 Å². The lowest BCUT2D eigenvalue weighted by Crippen LogP contribution is -2.26. The molecule has 1 heterocycles. The predicted molar refractivity (Wildman–Crippen MR) is 79.3 cm³/mol. The Hall–Kier alpha value is -2.30. The van der Waals surface area contributed by atoms with Gasteiger partial charge in [-0.25, -0.2) is 0 Å². The fourth-order valence-corrected chi connectivity index (χ4v) is 1.98. The molecule has 1 aromatic carbocycles. The molecule has 0 spiro atoms. The first kappa shape index (κ1) is 15.1. The van der Waals surface area contributed by atoms with Crippen molar-refractivity contribution in [2.45, 2.75) is 26.8 Å². The molecule has 0 aliphatic carbocycles. The molecule has 0 aliphatic heterocycles. The van der Waals surface area contributed by atoms with Crippen LogP contribution >= 0.6 is 0 Å². The highest BCUT2D eigenvalue weighted by molar-refractivity contribution is 5.96. The van der Waals surface area contributed by atoms with Gasteiger partial charge in [-0.1, -0.05) is 24.2 Å². The number of hydrogen-bond acceptors (Lipinski definition) is 4. The van der Waals surface area contributed by atoms with Crippen LogP contribution in [-0.4, -0.2) is 29.6 Å². The van der Waals surface area contributed by atoms with Gasteiger partial charge < -0.3 is 14.2 Å². The van der Waals surface area contributed by atoms with Gasteiger partial charge in [0.05, 0.1) is 24.4 Å². The lowest BCUT2D eigenvalue weighted by atomic mass is 10.1. The van der Waals surface area contributed by atoms with Gasteiger partial charge in [0, 0.05) is 13.1 Å². The lowest BCUT2D eigenvalue weighted by Gasteiger charge is -2.17. The number of ether oxygens (including phenoxy) is 1. The van der Waals surface area contributed by atoms with E-state index in [1.807, 2.05) is 38.1 Å². The first-order valence-electron chi connectivity index (χ1n) is 7.01. The summed E-state index contributed by atoms with van der Waals surface area (Å²) < 4.78 is 10.8. The number of amides is 1. The van der Waals surface area contributed by atoms with Crippen molar-refractivity contribution in [2.24, 2.45) is 0 Å². The monoisotopic (exact) mass is 288 g/mol. The molecule has 0 atom stereocenters. The number of aromatic nitrogens is 1. The van der Waals surface area contributed by atoms with Crippen LogP contribution < -0.4 is 4.74 Å². The smallest absolute Gasteiger partial charge is 0.257 e. The maximum absolute atomic E-state index is 12.5. The maximum Gasteiger partial charge on any atom is 0.257 e. The minimum absolute atomic E-state index is 0.101. The molecule has 0 unspecified atom stereocenters. The van der Waals surface area contributed by atoms with E-state index in [0.717, 1.165) is 12.1 Å². The Kier molecular flexibility index (Phi) is 4.98. The van der Waals surface area contributed by atoms with Crippen LogP contribution in [0.2, 0.25) is 0 Å². The summed E-state index contributed by atoms with van der Waals surface area (Å²) in [5.41, 5.74) is 1.36. The molecule has 1 amide bonds. The van der Waals surface area contributed by atoms with Crippen LogP contribution in [0.25, 0.3) is 0 Å². The molecule has 0 bridgehead atoms. The number of nitrogens with zero attached hydrogens (tertiary/aromatic N) is 2. The molecule has 112 valence electrons. The molecule has 2 aromatic rings. The van der Waals surface area contributed by atoms with Crippen molar-refractivity contribution in [3.05, 3.63) is 47.3 Å². The number of benzene rings is 1. The Balaban J connectivity index is 2.11. The van der Waals surface area contributed by atoms with Gasteiger partial charge in [0.1, 0.15) is 5.75 Å². The summed E-state index contributed by atoms with van der Waals surface area (Å²) in [6.07, 6.45) is 0.899. The van der Waals surface area contributed by atoms with Crippen molar-refractivity contribution in [3.63, 3.8) is 0 Å². The molecule has 21 heavy (non-hydrogen) atoms. The van der Waals surface area contributed by atoms with E-state index in [4.69, 9.17) is 9.26 Å². The average molecular weight is 288 g/mol. The first-order chi connectivity index (χ1) is 10.1. The van der Waals surface area contributed by atoms with Gasteiger partial charge in [0.25, 0.3) is 5.91 Å². The van der Waals surface area contributed by atoms with Gasteiger partial charge in [0.2, 0.25) is 0 Å². The fraction of sp³-hybridized carbons (Fsp3) is 0.375. The van der Waals surface area contributed by atoms with Crippen molar-refractivity contribution in [2.75, 3.05) is 13.7 Å². The van der Waals surface area contributed by atoms with E-state index in [2.05, 4.69) is 5.16 Å². The summed E-state index contributed by atoms with van der Waals surface area (Å²) >= 11 is 0. The average Bonchev–Trinajstić information content (AvgIpc) is 2.89. The number of aryl methyl sites for hydroxylation is 1. The third kappa shape index (κ3) is 3.84. The van der Waals surface area contributed by atoms with E-state index < -0.39 is 0 Å². The standard InChI is InChI=1S/C16H20N2O3/c1-4-9-20-15-8-6-5-7-14(15)16(19)18(3)11-13-10-12(2)17-21-13/h5-8,10H,4,9,11H2,1-3H3. The largest absolute Gasteiger partial charge is 0.493 e. The third-order valence-electron chi connectivity index (χ3n) is 3.00. The lowest BCUT2D eigenvalue weighted by molar-refractivity contribution is 0.0768. The molecule has 0 saturated heterocycles. The third-order valence-corrected chi connectivity index (χ3v) is 3.00. The van der Waals surface area contributed by atoms with Crippen LogP contribution in [0.3, 0.4) is 0 Å². The summed E-state index contributed by atoms with van der Waals surface area (Å²) in [6, 6.07) is 9.11. The summed E-state index contributed by atoms with van der Waals surface area (Å²) in [4.78, 5) is 14.1. The highest BCUT2D eigenvalue weighted by atomic mass is 16.5. The second-order valence-electron chi connectivity index (χ2n) is 4.94. The number of para-hydroxylation sites is 1. The van der Waals surface area contributed by atoms with E-state index in [1.165, 1.54) is 0 Å². The molecular weight excluding hydrogens is 268 g/mol. The van der Waals surface area contributed by atoms with Crippen LogP contribution in [0, 0.1) is 6.92 Å². The van der Waals surface area contributed by atoms with Gasteiger partial charge in [-0.3, -0.25) is 4.79 Å². The second kappa shape index (κ2) is 6.92. The molecule has 0 saturated carbocycles. The summed E-state index contributed by atoms with van der Waals surface area (Å²) in [7, 11) is 1.73. The minimum atomic E-state index is -0.101. The quantitative estimate of drug-likeness (QED) is 0.819. The normalized spacial score (nSPS) is 10.4. The summed E-state index contributed by atoms with van der Waals surface area (Å²) in [5, 5.41) is 3.82. The van der Waals surface area contributed by atoms with E-state index in [9.17, 15) is 4.79 Å². The van der Waals surface area contributed by atoms with Crippen molar-refractivity contribution >= 4 is 5.91 Å². The van der Waals surface area contributed by atoms with Crippen LogP contribution in [0.15, 0.2) is 34.9 Å². The molecule has 0 N–H and O–H groups in total. The Morgan fingerprint density at radius 1 is 1.38 bits per heavy atom. The van der Waals surface area contributed by atoms with E-state index in [0.29, 0.717) is 30.2 Å². The highest BCUT2D eigenvalue weighted by Gasteiger charge is 2.18. The maximum atomic E-state index is 12.5. The van der Waals surface area contributed by atoms with Crippen LogP contribution in [0.4, 0.5) is 0 Å². The molecule has 5 heteroatoms. The fourth-order valence-electron chi connectivity index (χ4n) is 1.98. The van der Waals surface area contributed by atoms with Gasteiger partial charge in [-0.05, 0) is 25.5 Å². The number of rotatable bonds is 6. The van der Waals surface area contributed by atoms with Crippen molar-refractivity contribution in [1.82, 2.24) is 10.1 Å². The molecule has 0 aliphatic rings. The van der Waals surface area contributed by atoms with Gasteiger partial charge in [0.15, 0.2) is 5.76 Å². The molecule has 1 aromatic heterocycles. The first-order valence-corrected chi connectivity index (χ1v) is 7.01. The zero-order valence-corrected chi connectivity index (χ0v) is 12.6. The zero-order chi connectivity index (χ0) is 15.2. The Bertz CT molecular complexity index is 607. The van der Waals surface area contributed by atoms with Gasteiger partial charge >= 0.3 is 0 Å². The molecular formula is C16H20N2O3. The predicted octanol–water partition coefficient (Wildman–Crippen LogP) is 3.04. The minimum Gasteiger partial charge on any atom is -0.493 e. The number of hydrogen-bond donors (Lipinski definition) is 0. The molecule has 5 nitrogen and oxygen atoms in total. The van der Waals surface area contributed by atoms with Gasteiger partial charge in [-0.15, -0.1) is 0 Å². The number of carbonyl (C=O) groups excluding carboxylic acids is 1. The van der Waals surface area contributed by atoms with Crippen LogP contribution in [0.1, 0.15) is 35.2 Å². The van der Waals surface area contributed by atoms with Crippen molar-refractivity contribution < 1.29 is 14.1 Å². The zero-order valence-electron chi connectivity index (χ0n) is 12.6. The molecule has 0 radical (unpaired) electrons. The summed E-state index contributed by atoms with van der Waals surface area (Å²) in [6.45, 7) is 4.85. The SMILES string of the molecule is CCCOc1ccccc1C(=O)N(C)Cc1cc(C)no1. The Morgan fingerprint density at radius 2 is 2.14 bits per heavy atom. The van der Waals surface area contributed by atoms with Crippen LogP contribution in [-0.2, 0) is 6.54 Å². The molecule has 0 fully saturated rings. The van der Waals surface area contributed by atoms with Crippen molar-refractivity contribution in [1.29, 1.82) is 0 Å². The Labute approximate surface area is 124 Å². The van der Waals surface area contributed by atoms with Gasteiger partial charge in [-0.2, -0.15) is 0 Å². The second-order valence-corrected chi connectivity index (χ2v) is 4.94. The summed E-state index contributed by atoms with van der Waals surface area (Å²) in [5.74, 6) is 1.18. The van der Waals surface area contributed by atoms with E-state index >= 15 is 0 Å². The van der Waals surface area contributed by atoms with E-state index in [-0.39, 0.29) is 5.91 Å². The highest BCUT2D eigenvalue weighted by Crippen LogP contribution is 2.20. The van der Waals surface area contributed by atoms with Crippen LogP contribution in [0.5, 0.6) is 5.75 Å². The molecule has 2 rings (SSSR count). The van der Waals surface area contributed by atoms with Crippen molar-refractivity contribution in [3.8, 4) is 5.75 Å². The number of carbonyl (C=O) groups is 1.